The number of aliphatic imine (C=N–C) groups is 1. The third-order valence-corrected chi connectivity index (χ3v) is 3.02. The van der Waals surface area contributed by atoms with Crippen LogP contribution in [0.3, 0.4) is 0 Å². The van der Waals surface area contributed by atoms with E-state index in [0.717, 1.165) is 11.4 Å². The number of hydrogen-bond donors (Lipinski definition) is 0. The lowest BCUT2D eigenvalue weighted by Crippen LogP contribution is -1.94. The van der Waals surface area contributed by atoms with Crippen LogP contribution in [0.25, 0.3) is 16.1 Å². The highest BCUT2D eigenvalue weighted by Gasteiger charge is 2.09. The first-order valence-corrected chi connectivity index (χ1v) is 6.66. The Balaban J connectivity index is 2.01. The van der Waals surface area contributed by atoms with Crippen LogP contribution in [0.15, 0.2) is 77.0 Å². The summed E-state index contributed by atoms with van der Waals surface area (Å²) in [7, 11) is 0. The number of benzene rings is 2. The molecular weight excluding hydrogens is 276 g/mol. The van der Waals surface area contributed by atoms with E-state index < -0.39 is 0 Å². The summed E-state index contributed by atoms with van der Waals surface area (Å²) in [4.78, 5) is 7.25. The Labute approximate surface area is 127 Å². The van der Waals surface area contributed by atoms with E-state index in [9.17, 15) is 0 Å². The molecule has 0 bridgehead atoms. The minimum atomic E-state index is 0.411. The Hall–Kier alpha value is -3.37. The summed E-state index contributed by atoms with van der Waals surface area (Å²) >= 11 is 0. The van der Waals surface area contributed by atoms with Gasteiger partial charge in [-0.25, -0.2) is 4.68 Å². The molecule has 0 saturated carbocycles. The smallest absolute Gasteiger partial charge is 0.139 e. The molecule has 0 aliphatic carbocycles. The average molecular weight is 288 g/mol. The fourth-order valence-corrected chi connectivity index (χ4v) is 2.00. The number of para-hydroxylation sites is 2. The van der Waals surface area contributed by atoms with Gasteiger partial charge in [0.1, 0.15) is 5.82 Å². The van der Waals surface area contributed by atoms with Gasteiger partial charge in [0, 0.05) is 16.7 Å². The molecular formula is C16H12N6. The van der Waals surface area contributed by atoms with Crippen LogP contribution in [-0.4, -0.2) is 16.0 Å². The van der Waals surface area contributed by atoms with E-state index in [1.807, 2.05) is 60.7 Å². The summed E-state index contributed by atoms with van der Waals surface area (Å²) in [6.07, 6.45) is 3.27. The molecule has 1 aromatic heterocycles. The fourth-order valence-electron chi connectivity index (χ4n) is 2.00. The van der Waals surface area contributed by atoms with Gasteiger partial charge in [-0.2, -0.15) is 5.10 Å². The molecule has 6 heteroatoms. The van der Waals surface area contributed by atoms with Crippen molar-refractivity contribution in [1.29, 1.82) is 0 Å². The Morgan fingerprint density at radius 3 is 2.36 bits per heavy atom. The van der Waals surface area contributed by atoms with Gasteiger partial charge in [-0.3, -0.25) is 4.99 Å². The molecule has 22 heavy (non-hydrogen) atoms. The zero-order valence-electron chi connectivity index (χ0n) is 11.6. The third kappa shape index (κ3) is 2.87. The van der Waals surface area contributed by atoms with E-state index in [4.69, 9.17) is 5.53 Å². The normalized spacial score (nSPS) is 10.5. The van der Waals surface area contributed by atoms with Crippen molar-refractivity contribution in [2.45, 2.75) is 0 Å². The molecule has 0 amide bonds. The second-order valence-electron chi connectivity index (χ2n) is 4.45. The zero-order valence-corrected chi connectivity index (χ0v) is 11.6. The predicted molar refractivity (Wildman–Crippen MR) is 86.1 cm³/mol. The minimum absolute atomic E-state index is 0.411. The molecule has 3 aromatic rings. The topological polar surface area (TPSA) is 78.9 Å². The van der Waals surface area contributed by atoms with E-state index >= 15 is 0 Å². The summed E-state index contributed by atoms with van der Waals surface area (Å²) in [5.41, 5.74) is 11.1. The van der Waals surface area contributed by atoms with Crippen molar-refractivity contribution in [3.63, 3.8) is 0 Å². The van der Waals surface area contributed by atoms with E-state index in [-0.39, 0.29) is 0 Å². The van der Waals surface area contributed by atoms with Crippen LogP contribution in [0.2, 0.25) is 0 Å². The van der Waals surface area contributed by atoms with Crippen LogP contribution in [-0.2, 0) is 0 Å². The summed E-state index contributed by atoms with van der Waals surface area (Å²) in [5.74, 6) is 0.411. The predicted octanol–water partition coefficient (Wildman–Crippen LogP) is 4.56. The molecule has 3 rings (SSSR count). The Morgan fingerprint density at radius 1 is 1.00 bits per heavy atom. The molecule has 0 radical (unpaired) electrons. The Morgan fingerprint density at radius 2 is 1.68 bits per heavy atom. The molecule has 0 spiro atoms. The highest BCUT2D eigenvalue weighted by molar-refractivity contribution is 5.87. The maximum Gasteiger partial charge on any atom is 0.139 e. The molecule has 0 aliphatic heterocycles. The highest BCUT2D eigenvalue weighted by Crippen LogP contribution is 2.22. The first-order valence-electron chi connectivity index (χ1n) is 6.66. The van der Waals surface area contributed by atoms with E-state index in [1.165, 1.54) is 0 Å². The summed E-state index contributed by atoms with van der Waals surface area (Å²) in [6.45, 7) is 0. The zero-order chi connectivity index (χ0) is 15.2. The fraction of sp³-hybridized carbons (Fsp3) is 0. The SMILES string of the molecule is [N-]=[N+]=Nc1c(C=Nc2ccccc2)cnn1-c1ccccc1. The van der Waals surface area contributed by atoms with Gasteiger partial charge in [-0.05, 0) is 34.9 Å². The van der Waals surface area contributed by atoms with Crippen molar-refractivity contribution in [3.8, 4) is 5.69 Å². The quantitative estimate of drug-likeness (QED) is 0.300. The summed E-state index contributed by atoms with van der Waals surface area (Å²) in [6, 6.07) is 19.0. The molecule has 1 heterocycles. The van der Waals surface area contributed by atoms with Crippen molar-refractivity contribution < 1.29 is 0 Å². The first kappa shape index (κ1) is 13.6. The molecule has 0 saturated heterocycles. The van der Waals surface area contributed by atoms with Gasteiger partial charge >= 0.3 is 0 Å². The van der Waals surface area contributed by atoms with Gasteiger partial charge in [0.05, 0.1) is 17.6 Å². The summed E-state index contributed by atoms with van der Waals surface area (Å²) in [5, 5.41) is 8.02. The Kier molecular flexibility index (Phi) is 3.95. The van der Waals surface area contributed by atoms with E-state index in [0.29, 0.717) is 11.4 Å². The molecule has 2 aromatic carbocycles. The van der Waals surface area contributed by atoms with Crippen molar-refractivity contribution in [2.75, 3.05) is 0 Å². The molecule has 106 valence electrons. The van der Waals surface area contributed by atoms with Crippen LogP contribution in [0, 0.1) is 0 Å². The lowest BCUT2D eigenvalue weighted by atomic mass is 10.3. The van der Waals surface area contributed by atoms with Crippen LogP contribution in [0.4, 0.5) is 11.5 Å². The monoisotopic (exact) mass is 288 g/mol. The number of hydrogen-bond acceptors (Lipinski definition) is 3. The van der Waals surface area contributed by atoms with Crippen molar-refractivity contribution in [2.24, 2.45) is 10.1 Å². The highest BCUT2D eigenvalue weighted by atomic mass is 15.3. The number of aromatic nitrogens is 2. The molecule has 6 nitrogen and oxygen atoms in total. The third-order valence-electron chi connectivity index (χ3n) is 3.02. The maximum absolute atomic E-state index is 8.79. The van der Waals surface area contributed by atoms with Crippen LogP contribution < -0.4 is 0 Å². The molecule has 0 aliphatic rings. The second kappa shape index (κ2) is 6.39. The van der Waals surface area contributed by atoms with Crippen LogP contribution in [0.1, 0.15) is 5.56 Å². The van der Waals surface area contributed by atoms with Gasteiger partial charge in [0.2, 0.25) is 0 Å². The lowest BCUT2D eigenvalue weighted by molar-refractivity contribution is 0.878. The van der Waals surface area contributed by atoms with Crippen LogP contribution in [0.5, 0.6) is 0 Å². The maximum atomic E-state index is 8.79. The number of nitrogens with zero attached hydrogens (tertiary/aromatic N) is 6. The molecule has 0 atom stereocenters. The largest absolute Gasteiger partial charge is 0.256 e. The van der Waals surface area contributed by atoms with Crippen molar-refractivity contribution in [3.05, 3.63) is 82.9 Å². The van der Waals surface area contributed by atoms with Crippen LogP contribution >= 0.6 is 0 Å². The van der Waals surface area contributed by atoms with Gasteiger partial charge in [-0.1, -0.05) is 36.4 Å². The van der Waals surface area contributed by atoms with E-state index in [1.54, 1.807) is 17.1 Å². The second-order valence-corrected chi connectivity index (χ2v) is 4.45. The number of azide groups is 1. The molecule has 0 fully saturated rings. The van der Waals surface area contributed by atoms with Gasteiger partial charge in [0.15, 0.2) is 0 Å². The number of rotatable bonds is 4. The molecule has 0 N–H and O–H groups in total. The van der Waals surface area contributed by atoms with Crippen molar-refractivity contribution in [1.82, 2.24) is 9.78 Å². The minimum Gasteiger partial charge on any atom is -0.256 e. The first-order chi connectivity index (χ1) is 10.9. The van der Waals surface area contributed by atoms with Gasteiger partial charge < -0.3 is 0 Å². The van der Waals surface area contributed by atoms with E-state index in [2.05, 4.69) is 20.1 Å². The average Bonchev–Trinajstić information content (AvgIpc) is 2.98. The van der Waals surface area contributed by atoms with Gasteiger partial charge in [0.25, 0.3) is 0 Å². The summed E-state index contributed by atoms with van der Waals surface area (Å²) < 4.78 is 1.59. The Bertz CT molecular complexity index is 830. The molecule has 0 unspecified atom stereocenters. The lowest BCUT2D eigenvalue weighted by Gasteiger charge is -2.03. The van der Waals surface area contributed by atoms with Crippen molar-refractivity contribution >= 4 is 17.7 Å². The van der Waals surface area contributed by atoms with Gasteiger partial charge in [-0.15, -0.1) is 0 Å². The standard InChI is InChI=1S/C16H12N6/c17-21-20-16-13(11-18-14-7-3-1-4-8-14)12-19-22(16)15-9-5-2-6-10-15/h1-12H.